The number of hydrogen-bond acceptors (Lipinski definition) is 2. The van der Waals surface area contributed by atoms with Crippen molar-refractivity contribution in [3.05, 3.63) is 22.4 Å². The Balaban J connectivity index is 1.87. The zero-order chi connectivity index (χ0) is 10.7. The van der Waals surface area contributed by atoms with Crippen LogP contribution < -0.4 is 5.32 Å². The van der Waals surface area contributed by atoms with Crippen molar-refractivity contribution >= 4 is 11.3 Å². The molecule has 1 nitrogen and oxygen atoms in total. The fraction of sp³-hybridized carbons (Fsp3) is 0.692. The summed E-state index contributed by atoms with van der Waals surface area (Å²) in [6.45, 7) is 5.78. The van der Waals surface area contributed by atoms with E-state index in [1.165, 1.54) is 24.8 Å². The molecular formula is C13H21NS. The molecule has 0 aliphatic heterocycles. The molecule has 2 heteroatoms. The number of rotatable bonds is 6. The van der Waals surface area contributed by atoms with Gasteiger partial charge in [-0.05, 0) is 60.0 Å². The molecule has 84 valence electrons. The van der Waals surface area contributed by atoms with E-state index in [1.807, 2.05) is 11.3 Å². The molecule has 0 saturated heterocycles. The average molecular weight is 223 g/mol. The van der Waals surface area contributed by atoms with Crippen molar-refractivity contribution in [3.63, 3.8) is 0 Å². The highest BCUT2D eigenvalue weighted by Crippen LogP contribution is 2.41. The summed E-state index contributed by atoms with van der Waals surface area (Å²) in [6.07, 6.45) is 3.88. The standard InChI is InChI=1S/C13H21NS/c1-3-5-14-13(12-7-10(12)2)8-11-4-6-15-9-11/h4,6,9-10,12-14H,3,5,7-8H2,1-2H3. The highest BCUT2D eigenvalue weighted by atomic mass is 32.1. The van der Waals surface area contributed by atoms with Crippen LogP contribution in [0, 0.1) is 11.8 Å². The number of hydrogen-bond donors (Lipinski definition) is 1. The largest absolute Gasteiger partial charge is 0.313 e. The van der Waals surface area contributed by atoms with E-state index in [4.69, 9.17) is 0 Å². The van der Waals surface area contributed by atoms with Gasteiger partial charge in [0.25, 0.3) is 0 Å². The van der Waals surface area contributed by atoms with Gasteiger partial charge in [-0.25, -0.2) is 0 Å². The normalized spacial score (nSPS) is 26.5. The Labute approximate surface area is 96.9 Å². The van der Waals surface area contributed by atoms with Crippen molar-refractivity contribution < 1.29 is 0 Å². The van der Waals surface area contributed by atoms with E-state index in [1.54, 1.807) is 0 Å². The first kappa shape index (κ1) is 11.2. The van der Waals surface area contributed by atoms with Crippen LogP contribution in [-0.2, 0) is 6.42 Å². The summed E-state index contributed by atoms with van der Waals surface area (Å²) in [7, 11) is 0. The maximum absolute atomic E-state index is 3.70. The molecule has 1 aromatic rings. The first-order valence-corrected chi connectivity index (χ1v) is 7.00. The summed E-state index contributed by atoms with van der Waals surface area (Å²) in [5.74, 6) is 1.87. The third-order valence-corrected chi connectivity index (χ3v) is 4.11. The van der Waals surface area contributed by atoms with Crippen LogP contribution in [0.3, 0.4) is 0 Å². The number of nitrogens with one attached hydrogen (secondary N) is 1. The highest BCUT2D eigenvalue weighted by molar-refractivity contribution is 7.07. The summed E-state index contributed by atoms with van der Waals surface area (Å²) >= 11 is 1.81. The zero-order valence-electron chi connectivity index (χ0n) is 9.70. The van der Waals surface area contributed by atoms with Crippen LogP contribution >= 0.6 is 11.3 Å². The molecule has 1 heterocycles. The molecule has 0 spiro atoms. The summed E-state index contributed by atoms with van der Waals surface area (Å²) in [5, 5.41) is 8.17. The van der Waals surface area contributed by atoms with E-state index in [9.17, 15) is 0 Å². The quantitative estimate of drug-likeness (QED) is 0.780. The van der Waals surface area contributed by atoms with Crippen molar-refractivity contribution in [2.24, 2.45) is 11.8 Å². The third kappa shape index (κ3) is 3.05. The minimum Gasteiger partial charge on any atom is -0.313 e. The fourth-order valence-electron chi connectivity index (χ4n) is 2.28. The number of thiophene rings is 1. The molecule has 0 aromatic carbocycles. The fourth-order valence-corrected chi connectivity index (χ4v) is 2.96. The summed E-state index contributed by atoms with van der Waals surface area (Å²) in [6, 6.07) is 2.98. The molecule has 1 N–H and O–H groups in total. The van der Waals surface area contributed by atoms with E-state index in [0.717, 1.165) is 24.4 Å². The van der Waals surface area contributed by atoms with Crippen LogP contribution in [0.4, 0.5) is 0 Å². The second-order valence-corrected chi connectivity index (χ2v) is 5.55. The van der Waals surface area contributed by atoms with Gasteiger partial charge in [0.15, 0.2) is 0 Å². The predicted octanol–water partition coefficient (Wildman–Crippen LogP) is 3.31. The van der Waals surface area contributed by atoms with Gasteiger partial charge in [0.05, 0.1) is 0 Å². The molecule has 2 rings (SSSR count). The molecule has 1 aromatic heterocycles. The van der Waals surface area contributed by atoms with Gasteiger partial charge in [0, 0.05) is 6.04 Å². The third-order valence-electron chi connectivity index (χ3n) is 3.38. The molecule has 0 bridgehead atoms. The zero-order valence-corrected chi connectivity index (χ0v) is 10.5. The molecule has 1 aliphatic carbocycles. The molecule has 1 fully saturated rings. The van der Waals surface area contributed by atoms with Crippen molar-refractivity contribution in [1.82, 2.24) is 5.32 Å². The van der Waals surface area contributed by atoms with E-state index in [2.05, 4.69) is 36.0 Å². The predicted molar refractivity (Wildman–Crippen MR) is 67.4 cm³/mol. The van der Waals surface area contributed by atoms with Crippen molar-refractivity contribution in [2.45, 2.75) is 39.2 Å². The SMILES string of the molecule is CCCNC(Cc1ccsc1)C1CC1C. The first-order chi connectivity index (χ1) is 7.31. The van der Waals surface area contributed by atoms with E-state index < -0.39 is 0 Å². The molecule has 3 atom stereocenters. The van der Waals surface area contributed by atoms with Gasteiger partial charge in [0.2, 0.25) is 0 Å². The Kier molecular flexibility index (Phi) is 3.81. The van der Waals surface area contributed by atoms with Gasteiger partial charge in [-0.15, -0.1) is 0 Å². The van der Waals surface area contributed by atoms with Gasteiger partial charge < -0.3 is 5.32 Å². The van der Waals surface area contributed by atoms with Gasteiger partial charge in [-0.2, -0.15) is 11.3 Å². The summed E-state index contributed by atoms with van der Waals surface area (Å²) in [5.41, 5.74) is 1.51. The van der Waals surface area contributed by atoms with E-state index in [-0.39, 0.29) is 0 Å². The first-order valence-electron chi connectivity index (χ1n) is 6.05. The Morgan fingerprint density at radius 2 is 2.40 bits per heavy atom. The van der Waals surface area contributed by atoms with Crippen LogP contribution in [0.2, 0.25) is 0 Å². The van der Waals surface area contributed by atoms with Crippen LogP contribution in [-0.4, -0.2) is 12.6 Å². The Morgan fingerprint density at radius 3 is 2.93 bits per heavy atom. The average Bonchev–Trinajstić information content (AvgIpc) is 2.77. The molecule has 1 saturated carbocycles. The van der Waals surface area contributed by atoms with E-state index >= 15 is 0 Å². The summed E-state index contributed by atoms with van der Waals surface area (Å²) in [4.78, 5) is 0. The Bertz CT molecular complexity index is 281. The maximum atomic E-state index is 3.70. The lowest BCUT2D eigenvalue weighted by atomic mass is 10.0. The second-order valence-electron chi connectivity index (χ2n) is 4.77. The van der Waals surface area contributed by atoms with Gasteiger partial charge in [-0.3, -0.25) is 0 Å². The van der Waals surface area contributed by atoms with Crippen LogP contribution in [0.1, 0.15) is 32.3 Å². The van der Waals surface area contributed by atoms with Crippen LogP contribution in [0.25, 0.3) is 0 Å². The van der Waals surface area contributed by atoms with Crippen molar-refractivity contribution in [3.8, 4) is 0 Å². The van der Waals surface area contributed by atoms with Gasteiger partial charge in [-0.1, -0.05) is 13.8 Å². The Hall–Kier alpha value is -0.340. The van der Waals surface area contributed by atoms with Crippen molar-refractivity contribution in [1.29, 1.82) is 0 Å². The van der Waals surface area contributed by atoms with Gasteiger partial charge in [0.1, 0.15) is 0 Å². The lowest BCUT2D eigenvalue weighted by Gasteiger charge is -2.17. The summed E-state index contributed by atoms with van der Waals surface area (Å²) < 4.78 is 0. The maximum Gasteiger partial charge on any atom is 0.0139 e. The molecule has 3 unspecified atom stereocenters. The van der Waals surface area contributed by atoms with Gasteiger partial charge >= 0.3 is 0 Å². The smallest absolute Gasteiger partial charge is 0.0139 e. The molecule has 0 radical (unpaired) electrons. The molecular weight excluding hydrogens is 202 g/mol. The molecule has 1 aliphatic rings. The van der Waals surface area contributed by atoms with Crippen LogP contribution in [0.5, 0.6) is 0 Å². The second kappa shape index (κ2) is 5.13. The lowest BCUT2D eigenvalue weighted by Crippen LogP contribution is -2.34. The molecule has 0 amide bonds. The topological polar surface area (TPSA) is 12.0 Å². The van der Waals surface area contributed by atoms with E-state index in [0.29, 0.717) is 0 Å². The monoisotopic (exact) mass is 223 g/mol. The minimum atomic E-state index is 0.717. The minimum absolute atomic E-state index is 0.717. The molecule has 15 heavy (non-hydrogen) atoms. The highest BCUT2D eigenvalue weighted by Gasteiger charge is 2.38. The van der Waals surface area contributed by atoms with Crippen LogP contribution in [0.15, 0.2) is 16.8 Å². The van der Waals surface area contributed by atoms with Crippen molar-refractivity contribution in [2.75, 3.05) is 6.54 Å². The lowest BCUT2D eigenvalue weighted by molar-refractivity contribution is 0.444. The Morgan fingerprint density at radius 1 is 1.60 bits per heavy atom.